The van der Waals surface area contributed by atoms with Crippen LogP contribution in [0.5, 0.6) is 11.5 Å². The van der Waals surface area contributed by atoms with E-state index in [9.17, 15) is 9.59 Å². The van der Waals surface area contributed by atoms with Gasteiger partial charge in [0.2, 0.25) is 5.91 Å². The lowest BCUT2D eigenvalue weighted by molar-refractivity contribution is -0.121. The molecule has 7 heteroatoms. The summed E-state index contributed by atoms with van der Waals surface area (Å²) in [7, 11) is 3.12. The Hall–Kier alpha value is -2.73. The van der Waals surface area contributed by atoms with Crippen LogP contribution >= 0.6 is 11.6 Å². The molecule has 0 atom stereocenters. The van der Waals surface area contributed by atoms with Gasteiger partial charge in [-0.05, 0) is 42.3 Å². The van der Waals surface area contributed by atoms with Crippen molar-refractivity contribution in [3.8, 4) is 11.5 Å². The van der Waals surface area contributed by atoms with E-state index < -0.39 is 5.91 Å². The second-order valence-corrected chi connectivity index (χ2v) is 5.64. The molecule has 0 aliphatic carbocycles. The van der Waals surface area contributed by atoms with E-state index in [0.717, 1.165) is 5.56 Å². The van der Waals surface area contributed by atoms with Crippen LogP contribution in [0.15, 0.2) is 42.5 Å². The highest BCUT2D eigenvalue weighted by Gasteiger charge is 2.09. The average Bonchev–Trinajstić information content (AvgIpc) is 2.64. The molecule has 0 spiro atoms. The molecule has 2 aromatic rings. The molecule has 0 saturated heterocycles. The molecule has 2 rings (SSSR count). The first-order valence-corrected chi connectivity index (χ1v) is 7.97. The number of amides is 2. The van der Waals surface area contributed by atoms with E-state index in [2.05, 4.69) is 10.9 Å². The van der Waals surface area contributed by atoms with Gasteiger partial charge in [0.1, 0.15) is 0 Å². The third-order valence-electron chi connectivity index (χ3n) is 3.49. The van der Waals surface area contributed by atoms with Gasteiger partial charge in [0.25, 0.3) is 5.91 Å². The van der Waals surface area contributed by atoms with Crippen LogP contribution in [0.3, 0.4) is 0 Å². The molecule has 0 aliphatic heterocycles. The molecule has 0 radical (unpaired) electrons. The molecule has 132 valence electrons. The maximum absolute atomic E-state index is 11.9. The minimum absolute atomic E-state index is 0.214. The van der Waals surface area contributed by atoms with E-state index in [1.807, 2.05) is 12.1 Å². The highest BCUT2D eigenvalue weighted by molar-refractivity contribution is 6.30. The zero-order chi connectivity index (χ0) is 18.2. The number of ether oxygens (including phenoxy) is 2. The van der Waals surface area contributed by atoms with Gasteiger partial charge in [0, 0.05) is 17.0 Å². The summed E-state index contributed by atoms with van der Waals surface area (Å²) in [5.74, 6) is 0.506. The average molecular weight is 363 g/mol. The number of rotatable bonds is 6. The van der Waals surface area contributed by atoms with Gasteiger partial charge in [0.15, 0.2) is 11.5 Å². The number of halogens is 1. The fourth-order valence-corrected chi connectivity index (χ4v) is 2.38. The molecular formula is C18H19ClN2O4. The topological polar surface area (TPSA) is 76.7 Å². The Kier molecular flexibility index (Phi) is 6.65. The molecule has 6 nitrogen and oxygen atoms in total. The van der Waals surface area contributed by atoms with Crippen LogP contribution in [0, 0.1) is 0 Å². The summed E-state index contributed by atoms with van der Waals surface area (Å²) in [5.41, 5.74) is 6.04. The van der Waals surface area contributed by atoms with E-state index in [0.29, 0.717) is 28.5 Å². The van der Waals surface area contributed by atoms with Crippen molar-refractivity contribution in [2.45, 2.75) is 12.8 Å². The fourth-order valence-electron chi connectivity index (χ4n) is 2.18. The van der Waals surface area contributed by atoms with Crippen molar-refractivity contribution in [2.75, 3.05) is 14.2 Å². The lowest BCUT2D eigenvalue weighted by Crippen LogP contribution is -2.41. The Labute approximate surface area is 151 Å². The summed E-state index contributed by atoms with van der Waals surface area (Å²) in [6, 6.07) is 11.9. The van der Waals surface area contributed by atoms with Gasteiger partial charge in [-0.3, -0.25) is 20.4 Å². The van der Waals surface area contributed by atoms with Gasteiger partial charge in [0.05, 0.1) is 14.2 Å². The molecule has 0 aromatic heterocycles. The second kappa shape index (κ2) is 8.94. The Morgan fingerprint density at radius 3 is 2.44 bits per heavy atom. The normalized spacial score (nSPS) is 10.0. The predicted molar refractivity (Wildman–Crippen MR) is 94.9 cm³/mol. The standard InChI is InChI=1S/C18H19ClN2O4/c1-24-15-8-6-12(10-16(15)25-2)7-9-17(22)20-21-18(23)13-4-3-5-14(19)11-13/h3-6,8,10-11H,7,9H2,1-2H3,(H,20,22)(H,21,23). The van der Waals surface area contributed by atoms with E-state index in [1.54, 1.807) is 38.5 Å². The number of hydrazine groups is 1. The van der Waals surface area contributed by atoms with Crippen molar-refractivity contribution in [1.82, 2.24) is 10.9 Å². The van der Waals surface area contributed by atoms with Crippen molar-refractivity contribution < 1.29 is 19.1 Å². The van der Waals surface area contributed by atoms with Gasteiger partial charge in [-0.15, -0.1) is 0 Å². The summed E-state index contributed by atoms with van der Waals surface area (Å²) in [6.07, 6.45) is 0.713. The van der Waals surface area contributed by atoms with Crippen molar-refractivity contribution in [1.29, 1.82) is 0 Å². The van der Waals surface area contributed by atoms with Crippen LogP contribution in [0.4, 0.5) is 0 Å². The van der Waals surface area contributed by atoms with Crippen molar-refractivity contribution in [3.63, 3.8) is 0 Å². The van der Waals surface area contributed by atoms with Crippen LogP contribution in [-0.2, 0) is 11.2 Å². The molecule has 2 aromatic carbocycles. The van der Waals surface area contributed by atoms with Gasteiger partial charge < -0.3 is 9.47 Å². The molecule has 25 heavy (non-hydrogen) atoms. The summed E-state index contributed by atoms with van der Waals surface area (Å²) in [5, 5.41) is 0.451. The smallest absolute Gasteiger partial charge is 0.269 e. The monoisotopic (exact) mass is 362 g/mol. The third-order valence-corrected chi connectivity index (χ3v) is 3.73. The van der Waals surface area contributed by atoms with E-state index in [4.69, 9.17) is 21.1 Å². The highest BCUT2D eigenvalue weighted by Crippen LogP contribution is 2.27. The number of benzene rings is 2. The molecular weight excluding hydrogens is 344 g/mol. The largest absolute Gasteiger partial charge is 0.493 e. The molecule has 0 saturated carbocycles. The van der Waals surface area contributed by atoms with Crippen molar-refractivity contribution >= 4 is 23.4 Å². The minimum atomic E-state index is -0.429. The highest BCUT2D eigenvalue weighted by atomic mass is 35.5. The molecule has 2 amide bonds. The first-order valence-electron chi connectivity index (χ1n) is 7.59. The first kappa shape index (κ1) is 18.6. The first-order chi connectivity index (χ1) is 12.0. The lowest BCUT2D eigenvalue weighted by atomic mass is 10.1. The van der Waals surface area contributed by atoms with Gasteiger partial charge in [-0.1, -0.05) is 23.7 Å². The Balaban J connectivity index is 1.83. The SMILES string of the molecule is COc1ccc(CCC(=O)NNC(=O)c2cccc(Cl)c2)cc1OC. The number of hydrogen-bond donors (Lipinski definition) is 2. The number of hydrogen-bond acceptors (Lipinski definition) is 4. The summed E-state index contributed by atoms with van der Waals surface area (Å²) >= 11 is 5.83. The fraction of sp³-hybridized carbons (Fsp3) is 0.222. The van der Waals surface area contributed by atoms with Crippen LogP contribution in [0.1, 0.15) is 22.3 Å². The van der Waals surface area contributed by atoms with E-state index in [-0.39, 0.29) is 12.3 Å². The molecule has 2 N–H and O–H groups in total. The minimum Gasteiger partial charge on any atom is -0.493 e. The maximum Gasteiger partial charge on any atom is 0.269 e. The summed E-state index contributed by atoms with van der Waals surface area (Å²) in [6.45, 7) is 0. The van der Waals surface area contributed by atoms with Crippen LogP contribution < -0.4 is 20.3 Å². The maximum atomic E-state index is 11.9. The molecule has 0 bridgehead atoms. The quantitative estimate of drug-likeness (QED) is 0.775. The molecule has 0 fully saturated rings. The number of carbonyl (C=O) groups excluding carboxylic acids is 2. The van der Waals surface area contributed by atoms with Gasteiger partial charge in [-0.25, -0.2) is 0 Å². The number of carbonyl (C=O) groups is 2. The lowest BCUT2D eigenvalue weighted by Gasteiger charge is -2.10. The number of aryl methyl sites for hydroxylation is 1. The van der Waals surface area contributed by atoms with Crippen molar-refractivity contribution in [2.24, 2.45) is 0 Å². The predicted octanol–water partition coefficient (Wildman–Crippen LogP) is 2.75. The zero-order valence-electron chi connectivity index (χ0n) is 14.0. The number of nitrogens with one attached hydrogen (secondary N) is 2. The summed E-state index contributed by atoms with van der Waals surface area (Å²) < 4.78 is 10.4. The van der Waals surface area contributed by atoms with E-state index >= 15 is 0 Å². The third kappa shape index (κ3) is 5.39. The van der Waals surface area contributed by atoms with Gasteiger partial charge in [-0.2, -0.15) is 0 Å². The Morgan fingerprint density at radius 1 is 1.00 bits per heavy atom. The van der Waals surface area contributed by atoms with Crippen molar-refractivity contribution in [3.05, 3.63) is 58.6 Å². The molecule has 0 unspecified atom stereocenters. The second-order valence-electron chi connectivity index (χ2n) is 5.20. The zero-order valence-corrected chi connectivity index (χ0v) is 14.7. The number of methoxy groups -OCH3 is 2. The van der Waals surface area contributed by atoms with E-state index in [1.165, 1.54) is 6.07 Å². The van der Waals surface area contributed by atoms with Crippen LogP contribution in [-0.4, -0.2) is 26.0 Å². The molecule has 0 aliphatic rings. The Bertz CT molecular complexity index is 764. The van der Waals surface area contributed by atoms with Crippen LogP contribution in [0.25, 0.3) is 0 Å². The van der Waals surface area contributed by atoms with Crippen LogP contribution in [0.2, 0.25) is 5.02 Å². The molecule has 0 heterocycles. The summed E-state index contributed by atoms with van der Waals surface area (Å²) in [4.78, 5) is 23.8. The Morgan fingerprint density at radius 2 is 1.76 bits per heavy atom. The van der Waals surface area contributed by atoms with Gasteiger partial charge >= 0.3 is 0 Å².